The molecule has 0 radical (unpaired) electrons. The van der Waals surface area contributed by atoms with Crippen LogP contribution < -0.4 is 0 Å². The van der Waals surface area contributed by atoms with Gasteiger partial charge < -0.3 is 4.90 Å². The SMILES string of the molecule is CC(C)(C)C(=O)N=C1N=C2C=CC(I)=CN2Cc2ccccc21. The number of amides is 1. The Morgan fingerprint density at radius 3 is 2.74 bits per heavy atom. The van der Waals surface area contributed by atoms with E-state index < -0.39 is 5.41 Å². The first-order valence-electron chi connectivity index (χ1n) is 7.47. The van der Waals surface area contributed by atoms with Crippen LogP contribution in [-0.4, -0.2) is 22.5 Å². The van der Waals surface area contributed by atoms with Crippen LogP contribution in [0.3, 0.4) is 0 Å². The monoisotopic (exact) mass is 419 g/mol. The zero-order valence-electron chi connectivity index (χ0n) is 13.4. The third kappa shape index (κ3) is 3.44. The van der Waals surface area contributed by atoms with Crippen LogP contribution in [0.1, 0.15) is 31.9 Å². The molecule has 0 aromatic heterocycles. The van der Waals surface area contributed by atoms with Crippen LogP contribution in [0.2, 0.25) is 0 Å². The molecule has 0 saturated heterocycles. The molecule has 1 aromatic carbocycles. The number of nitrogens with zero attached hydrogens (tertiary/aromatic N) is 3. The first kappa shape index (κ1) is 16.1. The molecule has 2 heterocycles. The molecular weight excluding hydrogens is 401 g/mol. The number of aliphatic imine (C=N–C) groups is 2. The lowest BCUT2D eigenvalue weighted by Gasteiger charge is -2.21. The molecule has 3 rings (SSSR count). The van der Waals surface area contributed by atoms with Crippen molar-refractivity contribution in [2.75, 3.05) is 0 Å². The average Bonchev–Trinajstić information content (AvgIpc) is 2.62. The lowest BCUT2D eigenvalue weighted by atomic mass is 9.96. The van der Waals surface area contributed by atoms with Crippen molar-refractivity contribution in [2.45, 2.75) is 27.3 Å². The number of amidine groups is 2. The van der Waals surface area contributed by atoms with E-state index in [1.165, 1.54) is 0 Å². The summed E-state index contributed by atoms with van der Waals surface area (Å²) in [5, 5.41) is 0. The topological polar surface area (TPSA) is 45.0 Å². The van der Waals surface area contributed by atoms with Gasteiger partial charge in [-0.1, -0.05) is 45.0 Å². The largest absolute Gasteiger partial charge is 0.327 e. The number of halogens is 1. The Hall–Kier alpha value is -1.76. The fraction of sp³-hybridized carbons (Fsp3) is 0.278. The second-order valence-corrected chi connectivity index (χ2v) is 7.84. The molecule has 118 valence electrons. The predicted molar refractivity (Wildman–Crippen MR) is 102 cm³/mol. The van der Waals surface area contributed by atoms with Gasteiger partial charge in [0.2, 0.25) is 0 Å². The van der Waals surface area contributed by atoms with Gasteiger partial charge in [-0.2, -0.15) is 4.99 Å². The molecule has 0 fully saturated rings. The maximum atomic E-state index is 12.4. The van der Waals surface area contributed by atoms with Crippen LogP contribution in [0.15, 0.2) is 56.2 Å². The van der Waals surface area contributed by atoms with Gasteiger partial charge in [-0.25, -0.2) is 4.99 Å². The minimum absolute atomic E-state index is 0.162. The van der Waals surface area contributed by atoms with E-state index in [0.717, 1.165) is 20.5 Å². The van der Waals surface area contributed by atoms with E-state index in [1.807, 2.05) is 51.1 Å². The second kappa shape index (κ2) is 6.03. The Morgan fingerprint density at radius 1 is 1.26 bits per heavy atom. The molecule has 0 saturated carbocycles. The van der Waals surface area contributed by atoms with Crippen molar-refractivity contribution in [2.24, 2.45) is 15.4 Å². The van der Waals surface area contributed by atoms with Gasteiger partial charge >= 0.3 is 0 Å². The Kier molecular flexibility index (Phi) is 4.23. The van der Waals surface area contributed by atoms with Crippen LogP contribution in [-0.2, 0) is 11.3 Å². The number of fused-ring (bicyclic) bond motifs is 2. The third-order valence-corrected chi connectivity index (χ3v) is 4.27. The lowest BCUT2D eigenvalue weighted by molar-refractivity contribution is -0.124. The number of carbonyl (C=O) groups excluding carboxylic acids is 1. The van der Waals surface area contributed by atoms with Crippen molar-refractivity contribution >= 4 is 40.2 Å². The molecule has 0 bridgehead atoms. The maximum Gasteiger partial charge on any atom is 0.253 e. The second-order valence-electron chi connectivity index (χ2n) is 6.59. The lowest BCUT2D eigenvalue weighted by Crippen LogP contribution is -2.25. The molecule has 0 aliphatic carbocycles. The number of hydrogen-bond acceptors (Lipinski definition) is 2. The number of rotatable bonds is 0. The highest BCUT2D eigenvalue weighted by Crippen LogP contribution is 2.25. The van der Waals surface area contributed by atoms with E-state index in [2.05, 4.69) is 49.7 Å². The number of hydrogen-bond donors (Lipinski definition) is 0. The Balaban J connectivity index is 2.14. The van der Waals surface area contributed by atoms with Crippen LogP contribution in [0.5, 0.6) is 0 Å². The first-order valence-corrected chi connectivity index (χ1v) is 8.54. The van der Waals surface area contributed by atoms with Crippen molar-refractivity contribution in [3.8, 4) is 0 Å². The highest BCUT2D eigenvalue weighted by Gasteiger charge is 2.25. The summed E-state index contributed by atoms with van der Waals surface area (Å²) in [6, 6.07) is 7.99. The summed E-state index contributed by atoms with van der Waals surface area (Å²) >= 11 is 2.29. The minimum atomic E-state index is -0.522. The van der Waals surface area contributed by atoms with Crippen molar-refractivity contribution in [3.63, 3.8) is 0 Å². The Labute approximate surface area is 149 Å². The summed E-state index contributed by atoms with van der Waals surface area (Å²) in [5.74, 6) is 1.14. The molecule has 4 nitrogen and oxygen atoms in total. The van der Waals surface area contributed by atoms with E-state index in [9.17, 15) is 4.79 Å². The normalized spacial score (nSPS) is 18.8. The fourth-order valence-corrected chi connectivity index (χ4v) is 2.83. The van der Waals surface area contributed by atoms with E-state index >= 15 is 0 Å². The standard InChI is InChI=1S/C18H18IN3O/c1-18(2,3)17(23)21-16-14-7-5-4-6-12(14)10-22-11-13(19)8-9-15(22)20-16/h4-9,11H,10H2,1-3H3. The molecule has 0 atom stereocenters. The molecule has 5 heteroatoms. The zero-order valence-corrected chi connectivity index (χ0v) is 15.5. The fourth-order valence-electron chi connectivity index (χ4n) is 2.31. The smallest absolute Gasteiger partial charge is 0.253 e. The molecule has 1 aromatic rings. The number of benzene rings is 1. The molecule has 2 aliphatic rings. The highest BCUT2D eigenvalue weighted by atomic mass is 127. The first-order chi connectivity index (χ1) is 10.8. The van der Waals surface area contributed by atoms with Gasteiger partial charge in [0.25, 0.3) is 5.91 Å². The van der Waals surface area contributed by atoms with Gasteiger partial charge in [0.05, 0.1) is 0 Å². The van der Waals surface area contributed by atoms with Gasteiger partial charge in [-0.15, -0.1) is 0 Å². The molecule has 0 N–H and O–H groups in total. The molecule has 2 aliphatic heterocycles. The minimum Gasteiger partial charge on any atom is -0.327 e. The Morgan fingerprint density at radius 2 is 2.00 bits per heavy atom. The van der Waals surface area contributed by atoms with Gasteiger partial charge in [0.1, 0.15) is 5.84 Å². The van der Waals surface area contributed by atoms with Crippen LogP contribution in [0.4, 0.5) is 0 Å². The Bertz CT molecular complexity index is 782. The van der Waals surface area contributed by atoms with E-state index in [-0.39, 0.29) is 5.91 Å². The summed E-state index contributed by atoms with van der Waals surface area (Å²) in [6.07, 6.45) is 6.03. The zero-order chi connectivity index (χ0) is 16.6. The quantitative estimate of drug-likeness (QED) is 0.596. The molecule has 1 amide bonds. The van der Waals surface area contributed by atoms with Crippen LogP contribution >= 0.6 is 22.6 Å². The summed E-state index contributed by atoms with van der Waals surface area (Å²) in [4.78, 5) is 23.4. The van der Waals surface area contributed by atoms with Gasteiger partial charge in [0.15, 0.2) is 5.84 Å². The maximum absolute atomic E-state index is 12.4. The third-order valence-electron chi connectivity index (χ3n) is 3.63. The van der Waals surface area contributed by atoms with Crippen molar-refractivity contribution < 1.29 is 4.79 Å². The van der Waals surface area contributed by atoms with Crippen LogP contribution in [0, 0.1) is 5.41 Å². The van der Waals surface area contributed by atoms with Crippen molar-refractivity contribution in [1.82, 2.24) is 4.90 Å². The van der Waals surface area contributed by atoms with Gasteiger partial charge in [-0.3, -0.25) is 4.79 Å². The number of allylic oxidation sites excluding steroid dienone is 2. The molecule has 0 spiro atoms. The molecular formula is C18H18IN3O. The van der Waals surface area contributed by atoms with E-state index in [0.29, 0.717) is 12.4 Å². The summed E-state index contributed by atoms with van der Waals surface area (Å²) in [6.45, 7) is 6.32. The summed E-state index contributed by atoms with van der Waals surface area (Å²) in [7, 11) is 0. The predicted octanol–water partition coefficient (Wildman–Crippen LogP) is 4.07. The highest BCUT2D eigenvalue weighted by molar-refractivity contribution is 14.1. The molecule has 0 unspecified atom stereocenters. The summed E-state index contributed by atoms with van der Waals surface area (Å²) in [5.41, 5.74) is 1.51. The molecule has 23 heavy (non-hydrogen) atoms. The van der Waals surface area contributed by atoms with E-state index in [1.54, 1.807) is 0 Å². The van der Waals surface area contributed by atoms with Gasteiger partial charge in [0, 0.05) is 27.3 Å². The van der Waals surface area contributed by atoms with Crippen LogP contribution in [0.25, 0.3) is 0 Å². The summed E-state index contributed by atoms with van der Waals surface area (Å²) < 4.78 is 1.14. The van der Waals surface area contributed by atoms with Crippen molar-refractivity contribution in [1.29, 1.82) is 0 Å². The number of carbonyl (C=O) groups is 1. The van der Waals surface area contributed by atoms with Crippen molar-refractivity contribution in [3.05, 3.63) is 57.3 Å². The van der Waals surface area contributed by atoms with Gasteiger partial charge in [-0.05, 0) is 40.3 Å². The van der Waals surface area contributed by atoms with E-state index in [4.69, 9.17) is 0 Å². The average molecular weight is 419 g/mol.